The van der Waals surface area contributed by atoms with E-state index < -0.39 is 0 Å². The molecule has 2 saturated heterocycles. The summed E-state index contributed by atoms with van der Waals surface area (Å²) in [6, 6.07) is 0.583. The van der Waals surface area contributed by atoms with Crippen LogP contribution < -0.4 is 10.6 Å². The molecule has 2 aliphatic rings. The van der Waals surface area contributed by atoms with E-state index in [9.17, 15) is 0 Å². The molecule has 0 aromatic rings. The summed E-state index contributed by atoms with van der Waals surface area (Å²) in [6.07, 6.45) is 7.65. The van der Waals surface area contributed by atoms with Crippen LogP contribution in [0.25, 0.3) is 0 Å². The lowest BCUT2D eigenvalue weighted by molar-refractivity contribution is 0.206. The van der Waals surface area contributed by atoms with E-state index in [2.05, 4.69) is 41.3 Å². The highest BCUT2D eigenvalue weighted by Gasteiger charge is 2.19. The highest BCUT2D eigenvalue weighted by Crippen LogP contribution is 2.19. The van der Waals surface area contributed by atoms with E-state index in [4.69, 9.17) is 4.99 Å². The van der Waals surface area contributed by atoms with Gasteiger partial charge in [-0.05, 0) is 78.0 Å². The van der Waals surface area contributed by atoms with E-state index in [1.54, 1.807) is 0 Å². The van der Waals surface area contributed by atoms with Crippen LogP contribution in [0.3, 0.4) is 0 Å². The second-order valence-corrected chi connectivity index (χ2v) is 7.56. The van der Waals surface area contributed by atoms with Gasteiger partial charge in [0.2, 0.25) is 0 Å². The van der Waals surface area contributed by atoms with Gasteiger partial charge in [-0.15, -0.1) is 24.0 Å². The fraction of sp³-hybridized carbons (Fsp3) is 0.947. The standard InChI is InChI=1S/C19H39N5.HI/c1-4-12-24-15-9-18(10-16-24)22-19(20-5-2)21-11-6-17-7-13-23(3)14-8-17;/h17-18H,4-16H2,1-3H3,(H2,20,21,22);1H. The zero-order valence-corrected chi connectivity index (χ0v) is 18.9. The molecule has 2 rings (SSSR count). The fourth-order valence-electron chi connectivity index (χ4n) is 3.84. The summed E-state index contributed by atoms with van der Waals surface area (Å²) in [5.74, 6) is 1.89. The van der Waals surface area contributed by atoms with E-state index in [-0.39, 0.29) is 24.0 Å². The number of nitrogens with zero attached hydrogens (tertiary/aromatic N) is 3. The summed E-state index contributed by atoms with van der Waals surface area (Å²) in [7, 11) is 2.23. The van der Waals surface area contributed by atoms with Crippen molar-refractivity contribution in [3.8, 4) is 0 Å². The molecule has 5 nitrogen and oxygen atoms in total. The summed E-state index contributed by atoms with van der Waals surface area (Å²) in [6.45, 7) is 12.5. The second kappa shape index (κ2) is 13.1. The molecule has 2 heterocycles. The Bertz CT molecular complexity index is 361. The van der Waals surface area contributed by atoms with Gasteiger partial charge in [-0.25, -0.2) is 0 Å². The number of hydrogen-bond acceptors (Lipinski definition) is 3. The average Bonchev–Trinajstić information content (AvgIpc) is 2.59. The molecule has 0 spiro atoms. The minimum Gasteiger partial charge on any atom is -0.357 e. The smallest absolute Gasteiger partial charge is 0.191 e. The Morgan fingerprint density at radius 1 is 1.04 bits per heavy atom. The molecule has 0 aromatic heterocycles. The van der Waals surface area contributed by atoms with Gasteiger partial charge in [0.1, 0.15) is 0 Å². The SMILES string of the molecule is CCCN1CCC(NC(=NCCC2CCN(C)CC2)NCC)CC1.I. The van der Waals surface area contributed by atoms with Crippen molar-refractivity contribution < 1.29 is 0 Å². The zero-order chi connectivity index (χ0) is 17.2. The van der Waals surface area contributed by atoms with Crippen molar-refractivity contribution in [2.45, 2.75) is 58.4 Å². The molecule has 148 valence electrons. The third-order valence-electron chi connectivity index (χ3n) is 5.46. The third-order valence-corrected chi connectivity index (χ3v) is 5.46. The maximum Gasteiger partial charge on any atom is 0.191 e. The molecule has 0 saturated carbocycles. The van der Waals surface area contributed by atoms with Crippen LogP contribution in [-0.2, 0) is 0 Å². The van der Waals surface area contributed by atoms with Crippen LogP contribution in [0.1, 0.15) is 52.4 Å². The Morgan fingerprint density at radius 2 is 1.72 bits per heavy atom. The predicted octanol–water partition coefficient (Wildman–Crippen LogP) is 2.77. The van der Waals surface area contributed by atoms with Gasteiger partial charge in [0, 0.05) is 32.2 Å². The van der Waals surface area contributed by atoms with Crippen LogP contribution in [0.15, 0.2) is 4.99 Å². The van der Waals surface area contributed by atoms with Gasteiger partial charge in [0.25, 0.3) is 0 Å². The van der Waals surface area contributed by atoms with Crippen molar-refractivity contribution in [3.63, 3.8) is 0 Å². The van der Waals surface area contributed by atoms with Gasteiger partial charge in [-0.2, -0.15) is 0 Å². The Hall–Kier alpha value is -0.0800. The average molecular weight is 465 g/mol. The van der Waals surface area contributed by atoms with Crippen molar-refractivity contribution in [2.75, 3.05) is 52.9 Å². The second-order valence-electron chi connectivity index (χ2n) is 7.56. The normalized spacial score (nSPS) is 21.8. The fourth-order valence-corrected chi connectivity index (χ4v) is 3.84. The molecular weight excluding hydrogens is 425 g/mol. The van der Waals surface area contributed by atoms with Crippen molar-refractivity contribution in [1.29, 1.82) is 0 Å². The molecule has 0 amide bonds. The van der Waals surface area contributed by atoms with Crippen LogP contribution in [0.5, 0.6) is 0 Å². The van der Waals surface area contributed by atoms with E-state index in [1.807, 2.05) is 0 Å². The van der Waals surface area contributed by atoms with E-state index in [0.29, 0.717) is 6.04 Å². The largest absolute Gasteiger partial charge is 0.357 e. The van der Waals surface area contributed by atoms with Crippen LogP contribution in [0, 0.1) is 5.92 Å². The molecule has 0 aliphatic carbocycles. The monoisotopic (exact) mass is 465 g/mol. The molecule has 0 unspecified atom stereocenters. The highest BCUT2D eigenvalue weighted by molar-refractivity contribution is 14.0. The maximum absolute atomic E-state index is 4.84. The number of aliphatic imine (C=N–C) groups is 1. The summed E-state index contributed by atoms with van der Waals surface area (Å²) in [5.41, 5.74) is 0. The lowest BCUT2D eigenvalue weighted by Crippen LogP contribution is -2.48. The van der Waals surface area contributed by atoms with Gasteiger partial charge in [-0.1, -0.05) is 6.92 Å². The number of nitrogens with one attached hydrogen (secondary N) is 2. The molecule has 0 atom stereocenters. The minimum atomic E-state index is 0. The van der Waals surface area contributed by atoms with E-state index in [1.165, 1.54) is 71.2 Å². The molecule has 6 heteroatoms. The lowest BCUT2D eigenvalue weighted by Gasteiger charge is -2.33. The van der Waals surface area contributed by atoms with Gasteiger partial charge in [0.05, 0.1) is 0 Å². The Labute approximate surface area is 172 Å². The first-order valence-corrected chi connectivity index (χ1v) is 10.2. The Morgan fingerprint density at radius 3 is 2.32 bits per heavy atom. The molecule has 2 aliphatic heterocycles. The number of likely N-dealkylation sites (tertiary alicyclic amines) is 2. The lowest BCUT2D eigenvalue weighted by atomic mass is 9.94. The predicted molar refractivity (Wildman–Crippen MR) is 119 cm³/mol. The van der Waals surface area contributed by atoms with Crippen molar-refractivity contribution in [3.05, 3.63) is 0 Å². The van der Waals surface area contributed by atoms with E-state index in [0.717, 1.165) is 25.0 Å². The van der Waals surface area contributed by atoms with Gasteiger partial charge in [-0.3, -0.25) is 4.99 Å². The Balaban J connectivity index is 0.00000312. The summed E-state index contributed by atoms with van der Waals surface area (Å²) < 4.78 is 0. The van der Waals surface area contributed by atoms with Crippen molar-refractivity contribution >= 4 is 29.9 Å². The maximum atomic E-state index is 4.84. The topological polar surface area (TPSA) is 42.9 Å². The number of rotatable bonds is 7. The summed E-state index contributed by atoms with van der Waals surface area (Å²) in [4.78, 5) is 9.87. The van der Waals surface area contributed by atoms with Crippen LogP contribution in [-0.4, -0.2) is 74.7 Å². The quantitative estimate of drug-likeness (QED) is 0.345. The molecule has 0 radical (unpaired) electrons. The molecule has 2 fully saturated rings. The van der Waals surface area contributed by atoms with Crippen LogP contribution >= 0.6 is 24.0 Å². The Kier molecular flexibility index (Phi) is 12.1. The van der Waals surface area contributed by atoms with Crippen molar-refractivity contribution in [2.24, 2.45) is 10.9 Å². The van der Waals surface area contributed by atoms with E-state index >= 15 is 0 Å². The summed E-state index contributed by atoms with van der Waals surface area (Å²) >= 11 is 0. The van der Waals surface area contributed by atoms with Gasteiger partial charge in [0.15, 0.2) is 5.96 Å². The zero-order valence-electron chi connectivity index (χ0n) is 16.6. The number of piperidine rings is 2. The van der Waals surface area contributed by atoms with Gasteiger partial charge >= 0.3 is 0 Å². The summed E-state index contributed by atoms with van der Waals surface area (Å²) in [5, 5.41) is 7.10. The van der Waals surface area contributed by atoms with Crippen LogP contribution in [0.2, 0.25) is 0 Å². The first-order valence-electron chi connectivity index (χ1n) is 10.2. The molecule has 0 aromatic carbocycles. The van der Waals surface area contributed by atoms with Crippen LogP contribution in [0.4, 0.5) is 0 Å². The van der Waals surface area contributed by atoms with Gasteiger partial charge < -0.3 is 20.4 Å². The number of halogens is 1. The molecule has 25 heavy (non-hydrogen) atoms. The highest BCUT2D eigenvalue weighted by atomic mass is 127. The minimum absolute atomic E-state index is 0. The molecule has 2 N–H and O–H groups in total. The third kappa shape index (κ3) is 8.91. The van der Waals surface area contributed by atoms with Crippen molar-refractivity contribution in [1.82, 2.24) is 20.4 Å². The molecular formula is C19H40IN5. The molecule has 0 bridgehead atoms. The number of guanidine groups is 1. The first kappa shape index (κ1) is 23.0. The first-order chi connectivity index (χ1) is 11.7. The number of hydrogen-bond donors (Lipinski definition) is 2.